The molecule has 1 saturated heterocycles. The third kappa shape index (κ3) is 2.81. The Balaban J connectivity index is 2.31. The van der Waals surface area contributed by atoms with Crippen LogP contribution >= 0.6 is 0 Å². The van der Waals surface area contributed by atoms with Gasteiger partial charge < -0.3 is 25.4 Å². The van der Waals surface area contributed by atoms with Crippen molar-refractivity contribution >= 4 is 0 Å². The van der Waals surface area contributed by atoms with Gasteiger partial charge in [-0.2, -0.15) is 0 Å². The van der Waals surface area contributed by atoms with Crippen LogP contribution in [0.2, 0.25) is 0 Å². The van der Waals surface area contributed by atoms with E-state index in [0.717, 1.165) is 10.6 Å². The molecule has 0 aromatic carbocycles. The highest BCUT2D eigenvalue weighted by atomic mass is 16.6. The first-order valence-corrected chi connectivity index (χ1v) is 6.16. The lowest BCUT2D eigenvalue weighted by atomic mass is 10.1. The standard InChI is InChI=1S/C11H17N3O6/c12-2-4-19-9-8(17)6(5-15)20-10(9)14-3-1-7(16)13-11(14)18/h1,3,6,8-10,15,17H,2,4-5,12H2,(H,13,16,18)/t6-,8-,9-,10-/m1/s1. The smallest absolute Gasteiger partial charge is 0.330 e. The van der Waals surface area contributed by atoms with Gasteiger partial charge in [-0.15, -0.1) is 0 Å². The van der Waals surface area contributed by atoms with E-state index in [-0.39, 0.29) is 13.2 Å². The molecule has 0 bridgehead atoms. The van der Waals surface area contributed by atoms with Gasteiger partial charge in [0.25, 0.3) is 5.56 Å². The van der Waals surface area contributed by atoms with Gasteiger partial charge in [0, 0.05) is 18.8 Å². The van der Waals surface area contributed by atoms with Crippen LogP contribution < -0.4 is 17.0 Å². The van der Waals surface area contributed by atoms with Crippen LogP contribution in [-0.4, -0.2) is 57.8 Å². The Labute approximate surface area is 113 Å². The summed E-state index contributed by atoms with van der Waals surface area (Å²) in [5.74, 6) is 0. The largest absolute Gasteiger partial charge is 0.394 e. The number of hydrogen-bond acceptors (Lipinski definition) is 7. The molecule has 0 saturated carbocycles. The molecule has 20 heavy (non-hydrogen) atoms. The van der Waals surface area contributed by atoms with Crippen LogP contribution in [0, 0.1) is 0 Å². The van der Waals surface area contributed by atoms with Crippen LogP contribution in [0.5, 0.6) is 0 Å². The van der Waals surface area contributed by atoms with E-state index in [1.165, 1.54) is 6.20 Å². The number of aliphatic hydroxyl groups is 2. The zero-order chi connectivity index (χ0) is 14.7. The molecule has 2 heterocycles. The van der Waals surface area contributed by atoms with Crippen molar-refractivity contribution < 1.29 is 19.7 Å². The van der Waals surface area contributed by atoms with Gasteiger partial charge in [0.2, 0.25) is 0 Å². The van der Waals surface area contributed by atoms with E-state index < -0.39 is 42.4 Å². The lowest BCUT2D eigenvalue weighted by molar-refractivity contribution is -0.0727. The van der Waals surface area contributed by atoms with E-state index in [9.17, 15) is 14.7 Å². The molecule has 1 aromatic heterocycles. The van der Waals surface area contributed by atoms with Crippen molar-refractivity contribution in [2.75, 3.05) is 19.8 Å². The number of H-pyrrole nitrogens is 1. The third-order valence-corrected chi connectivity index (χ3v) is 3.05. The van der Waals surface area contributed by atoms with Gasteiger partial charge in [0.15, 0.2) is 6.23 Å². The number of nitrogens with zero attached hydrogens (tertiary/aromatic N) is 1. The molecule has 0 aliphatic carbocycles. The Morgan fingerprint density at radius 1 is 1.50 bits per heavy atom. The molecule has 1 aliphatic heterocycles. The van der Waals surface area contributed by atoms with Gasteiger partial charge in [-0.25, -0.2) is 4.79 Å². The van der Waals surface area contributed by atoms with Gasteiger partial charge in [-0.3, -0.25) is 14.3 Å². The van der Waals surface area contributed by atoms with E-state index in [4.69, 9.17) is 20.3 Å². The highest BCUT2D eigenvalue weighted by Gasteiger charge is 2.45. The van der Waals surface area contributed by atoms with Gasteiger partial charge >= 0.3 is 5.69 Å². The fraction of sp³-hybridized carbons (Fsp3) is 0.636. The molecule has 112 valence electrons. The lowest BCUT2D eigenvalue weighted by Crippen LogP contribution is -2.40. The van der Waals surface area contributed by atoms with E-state index >= 15 is 0 Å². The second-order valence-corrected chi connectivity index (χ2v) is 4.38. The van der Waals surface area contributed by atoms with Crippen LogP contribution in [0.15, 0.2) is 21.9 Å². The predicted octanol–water partition coefficient (Wildman–Crippen LogP) is -2.87. The minimum atomic E-state index is -1.10. The molecule has 9 heteroatoms. The van der Waals surface area contributed by atoms with Crippen molar-refractivity contribution in [2.45, 2.75) is 24.5 Å². The Morgan fingerprint density at radius 2 is 2.25 bits per heavy atom. The molecule has 1 fully saturated rings. The first kappa shape index (κ1) is 14.9. The molecular weight excluding hydrogens is 270 g/mol. The molecule has 9 nitrogen and oxygen atoms in total. The molecular formula is C11H17N3O6. The van der Waals surface area contributed by atoms with Gasteiger partial charge in [-0.1, -0.05) is 0 Å². The average molecular weight is 287 g/mol. The Bertz CT molecular complexity index is 556. The van der Waals surface area contributed by atoms with E-state index in [2.05, 4.69) is 4.98 Å². The van der Waals surface area contributed by atoms with Crippen molar-refractivity contribution in [1.29, 1.82) is 0 Å². The Kier molecular flexibility index (Phi) is 4.68. The monoisotopic (exact) mass is 287 g/mol. The van der Waals surface area contributed by atoms with Crippen LogP contribution in [0.25, 0.3) is 0 Å². The zero-order valence-corrected chi connectivity index (χ0v) is 10.6. The number of aliphatic hydroxyl groups excluding tert-OH is 2. The summed E-state index contributed by atoms with van der Waals surface area (Å²) in [6.45, 7) is -0.0175. The molecule has 1 aliphatic rings. The SMILES string of the molecule is NCCO[C@@H]1[C@H](O)[C@@H](CO)O[C@H]1n1ccc(=O)[nH]c1=O. The summed E-state index contributed by atoms with van der Waals surface area (Å²) < 4.78 is 11.9. The number of nitrogens with two attached hydrogens (primary N) is 1. The normalized spacial score (nSPS) is 29.8. The summed E-state index contributed by atoms with van der Waals surface area (Å²) >= 11 is 0. The van der Waals surface area contributed by atoms with Crippen molar-refractivity contribution in [1.82, 2.24) is 9.55 Å². The summed E-state index contributed by atoms with van der Waals surface area (Å²) in [4.78, 5) is 24.9. The molecule has 1 aromatic rings. The fourth-order valence-corrected chi connectivity index (χ4v) is 2.10. The van der Waals surface area contributed by atoms with Crippen molar-refractivity contribution in [3.8, 4) is 0 Å². The van der Waals surface area contributed by atoms with Gasteiger partial charge in [-0.05, 0) is 0 Å². The molecule has 0 unspecified atom stereocenters. The summed E-state index contributed by atoms with van der Waals surface area (Å²) in [6, 6.07) is 1.16. The summed E-state index contributed by atoms with van der Waals surface area (Å²) in [6.07, 6.45) is -2.54. The highest BCUT2D eigenvalue weighted by Crippen LogP contribution is 2.30. The van der Waals surface area contributed by atoms with Crippen LogP contribution in [0.1, 0.15) is 6.23 Å². The highest BCUT2D eigenvalue weighted by molar-refractivity contribution is 4.93. The number of nitrogens with one attached hydrogen (secondary N) is 1. The van der Waals surface area contributed by atoms with Crippen LogP contribution in [0.3, 0.4) is 0 Å². The maximum atomic E-state index is 11.8. The first-order chi connectivity index (χ1) is 9.58. The first-order valence-electron chi connectivity index (χ1n) is 6.16. The van der Waals surface area contributed by atoms with Gasteiger partial charge in [0.1, 0.15) is 18.3 Å². The number of aromatic nitrogens is 2. The molecule has 0 spiro atoms. The quantitative estimate of drug-likeness (QED) is 0.456. The van der Waals surface area contributed by atoms with Crippen molar-refractivity contribution in [3.63, 3.8) is 0 Å². The predicted molar refractivity (Wildman–Crippen MR) is 67.1 cm³/mol. The van der Waals surface area contributed by atoms with Crippen molar-refractivity contribution in [2.24, 2.45) is 5.73 Å². The number of rotatable bonds is 5. The topological polar surface area (TPSA) is 140 Å². The maximum absolute atomic E-state index is 11.8. The Morgan fingerprint density at radius 3 is 2.85 bits per heavy atom. The zero-order valence-electron chi connectivity index (χ0n) is 10.6. The fourth-order valence-electron chi connectivity index (χ4n) is 2.10. The van der Waals surface area contributed by atoms with Crippen LogP contribution in [0.4, 0.5) is 0 Å². The Hall–Kier alpha value is -1.52. The molecule has 0 amide bonds. The third-order valence-electron chi connectivity index (χ3n) is 3.05. The second kappa shape index (κ2) is 6.29. The number of ether oxygens (including phenoxy) is 2. The molecule has 5 N–H and O–H groups in total. The lowest BCUT2D eigenvalue weighted by Gasteiger charge is -2.21. The molecule has 0 radical (unpaired) electrons. The van der Waals surface area contributed by atoms with E-state index in [1.54, 1.807) is 0 Å². The second-order valence-electron chi connectivity index (χ2n) is 4.38. The van der Waals surface area contributed by atoms with Crippen molar-refractivity contribution in [3.05, 3.63) is 33.1 Å². The summed E-state index contributed by atoms with van der Waals surface area (Å²) in [7, 11) is 0. The minimum absolute atomic E-state index is 0.165. The minimum Gasteiger partial charge on any atom is -0.394 e. The number of aromatic amines is 1. The van der Waals surface area contributed by atoms with Gasteiger partial charge in [0.05, 0.1) is 13.2 Å². The number of hydrogen-bond donors (Lipinski definition) is 4. The maximum Gasteiger partial charge on any atom is 0.330 e. The molecule has 4 atom stereocenters. The van der Waals surface area contributed by atoms with E-state index in [1.807, 2.05) is 0 Å². The average Bonchev–Trinajstić information content (AvgIpc) is 2.73. The summed E-state index contributed by atoms with van der Waals surface area (Å²) in [5, 5.41) is 19.2. The van der Waals surface area contributed by atoms with Crippen LogP contribution in [-0.2, 0) is 9.47 Å². The molecule has 2 rings (SSSR count). The van der Waals surface area contributed by atoms with E-state index in [0.29, 0.717) is 0 Å². The summed E-state index contributed by atoms with van der Waals surface area (Å²) in [5.41, 5.74) is 4.12.